The van der Waals surface area contributed by atoms with Gasteiger partial charge in [-0.1, -0.05) is 0 Å². The molecule has 19 atom stereocenters. The molecule has 3 heterocycles. The summed E-state index contributed by atoms with van der Waals surface area (Å²) in [5.74, 6) is 0. The van der Waals surface area contributed by atoms with Crippen LogP contribution in [0.3, 0.4) is 0 Å². The average molecular weight is 599 g/mol. The van der Waals surface area contributed by atoms with Crippen LogP contribution in [0.1, 0.15) is 13.3 Å². The van der Waals surface area contributed by atoms with E-state index in [0.29, 0.717) is 0 Å². The van der Waals surface area contributed by atoms with Crippen molar-refractivity contribution in [3.05, 3.63) is 0 Å². The topological polar surface area (TPSA) is 333 Å². The zero-order valence-corrected chi connectivity index (χ0v) is 22.7. The molecule has 41 heavy (non-hydrogen) atoms. The summed E-state index contributed by atoms with van der Waals surface area (Å²) < 4.78 is 34.9. The first kappa shape index (κ1) is 33.2. The van der Waals surface area contributed by atoms with Gasteiger partial charge in [-0.3, -0.25) is 0 Å². The van der Waals surface area contributed by atoms with E-state index >= 15 is 0 Å². The molecule has 0 radical (unpaired) electrons. The maximum absolute atomic E-state index is 11.1. The fourth-order valence-electron chi connectivity index (χ4n) is 5.72. The highest BCUT2D eigenvalue weighted by Gasteiger charge is 2.53. The van der Waals surface area contributed by atoms with Gasteiger partial charge in [0.2, 0.25) is 0 Å². The molecule has 0 bridgehead atoms. The zero-order chi connectivity index (χ0) is 30.3. The van der Waals surface area contributed by atoms with Crippen molar-refractivity contribution < 1.29 is 59.1 Å². The molecule has 1 saturated carbocycles. The number of hydrogen-bond donors (Lipinski definition) is 12. The molecule has 1 aliphatic carbocycles. The molecule has 0 spiro atoms. The Bertz CT molecular complexity index is 851. The minimum absolute atomic E-state index is 0.117. The Kier molecular flexibility index (Phi) is 10.9. The van der Waals surface area contributed by atoms with Crippen LogP contribution < -0.4 is 34.4 Å². The molecule has 18 heteroatoms. The minimum Gasteiger partial charge on any atom is -0.389 e. The van der Waals surface area contributed by atoms with Crippen LogP contribution in [0, 0.1) is 0 Å². The zero-order valence-electron chi connectivity index (χ0n) is 22.7. The summed E-state index contributed by atoms with van der Waals surface area (Å²) in [6.45, 7) is 1.34. The number of hydrogen-bond acceptors (Lipinski definition) is 18. The number of aliphatic hydroxyl groups excluding tert-OH is 6. The Morgan fingerprint density at radius 3 is 1.51 bits per heavy atom. The Balaban J connectivity index is 1.47. The molecule has 18 nitrogen and oxygen atoms in total. The maximum Gasteiger partial charge on any atom is 0.187 e. The van der Waals surface area contributed by atoms with E-state index in [9.17, 15) is 30.6 Å². The molecule has 0 aromatic heterocycles. The monoisotopic (exact) mass is 598 g/mol. The Morgan fingerprint density at radius 1 is 0.561 bits per heavy atom. The predicted octanol–water partition coefficient (Wildman–Crippen LogP) is -7.87. The van der Waals surface area contributed by atoms with Crippen molar-refractivity contribution in [2.24, 2.45) is 34.4 Å². The van der Waals surface area contributed by atoms with Crippen LogP contribution in [0.2, 0.25) is 0 Å². The lowest BCUT2D eigenvalue weighted by atomic mass is 9.84. The third-order valence-electron chi connectivity index (χ3n) is 8.33. The van der Waals surface area contributed by atoms with E-state index in [4.69, 9.17) is 62.8 Å². The van der Waals surface area contributed by atoms with Crippen molar-refractivity contribution in [3.8, 4) is 0 Å². The first-order valence-corrected chi connectivity index (χ1v) is 13.7. The van der Waals surface area contributed by atoms with Crippen molar-refractivity contribution in [1.82, 2.24) is 0 Å². The smallest absolute Gasteiger partial charge is 0.187 e. The molecule has 0 aromatic carbocycles. The largest absolute Gasteiger partial charge is 0.389 e. The van der Waals surface area contributed by atoms with Gasteiger partial charge in [-0.25, -0.2) is 0 Å². The normalized spacial score (nSPS) is 54.8. The average Bonchev–Trinajstić information content (AvgIpc) is 3.20. The summed E-state index contributed by atoms with van der Waals surface area (Å²) in [6, 6.07) is -3.97. The SMILES string of the molecule is C[C@H]1O[C@@H](O[C@@H]2C(O)[C@H](N)CC(N)[C@@H]2O[C@@H]2OC(CN)[C@H](O)[C@H](O)C2N)C(O)[C@H]1O[C@H]1O[C@@H](CN)[C@@H](O)C(O)C1N. The van der Waals surface area contributed by atoms with E-state index in [1.807, 2.05) is 0 Å². The Morgan fingerprint density at radius 2 is 1.02 bits per heavy atom. The number of nitrogens with two attached hydrogens (primary N) is 6. The van der Waals surface area contributed by atoms with E-state index in [0.717, 1.165) is 0 Å². The molecule has 0 aromatic rings. The van der Waals surface area contributed by atoms with Crippen molar-refractivity contribution >= 4 is 0 Å². The summed E-state index contributed by atoms with van der Waals surface area (Å²) in [7, 11) is 0. The number of aliphatic hydroxyl groups is 6. The predicted molar refractivity (Wildman–Crippen MR) is 137 cm³/mol. The van der Waals surface area contributed by atoms with Gasteiger partial charge in [0, 0.05) is 25.2 Å². The van der Waals surface area contributed by atoms with Crippen molar-refractivity contribution in [2.45, 2.75) is 130 Å². The molecule has 7 unspecified atom stereocenters. The highest BCUT2D eigenvalue weighted by atomic mass is 16.8. The summed E-state index contributed by atoms with van der Waals surface area (Å²) in [5, 5.41) is 63.0. The second-order valence-corrected chi connectivity index (χ2v) is 11.2. The van der Waals surface area contributed by atoms with Gasteiger partial charge < -0.3 is 93.5 Å². The van der Waals surface area contributed by atoms with Gasteiger partial charge >= 0.3 is 0 Å². The van der Waals surface area contributed by atoms with Gasteiger partial charge in [-0.15, -0.1) is 0 Å². The second-order valence-electron chi connectivity index (χ2n) is 11.2. The molecule has 240 valence electrons. The van der Waals surface area contributed by atoms with Crippen LogP contribution in [0.25, 0.3) is 0 Å². The molecule has 4 rings (SSSR count). The fraction of sp³-hybridized carbons (Fsp3) is 1.00. The Labute approximate surface area is 236 Å². The molecular weight excluding hydrogens is 552 g/mol. The van der Waals surface area contributed by atoms with E-state index in [1.165, 1.54) is 0 Å². The second kappa shape index (κ2) is 13.5. The first-order chi connectivity index (χ1) is 19.3. The highest BCUT2D eigenvalue weighted by Crippen LogP contribution is 2.34. The van der Waals surface area contributed by atoms with Gasteiger partial charge in [0.05, 0.1) is 24.3 Å². The van der Waals surface area contributed by atoms with Crippen molar-refractivity contribution in [1.29, 1.82) is 0 Å². The fourth-order valence-corrected chi connectivity index (χ4v) is 5.72. The van der Waals surface area contributed by atoms with Crippen LogP contribution >= 0.6 is 0 Å². The van der Waals surface area contributed by atoms with Crippen LogP contribution in [0.4, 0.5) is 0 Å². The molecule has 4 aliphatic rings. The van der Waals surface area contributed by atoms with E-state index in [-0.39, 0.29) is 19.5 Å². The molecule has 3 saturated heterocycles. The van der Waals surface area contributed by atoms with E-state index in [1.54, 1.807) is 6.92 Å². The summed E-state index contributed by atoms with van der Waals surface area (Å²) in [6.07, 6.45) is -18.2. The third kappa shape index (κ3) is 6.55. The van der Waals surface area contributed by atoms with Gasteiger partial charge in [-0.05, 0) is 13.3 Å². The Hall–Kier alpha value is -0.720. The molecule has 0 amide bonds. The standard InChI is InChI=1S/C23H46N6O12/c1-5-18(39-21-10(28)15(33)13(31)8(3-24)37-21)17(35)23(36-5)41-20-12(30)6(26)2-7(27)19(20)40-22-11(29)16(34)14(32)9(4-25)38-22/h5-23,30-35H,2-4,24-29H2,1H3/t5-,6-,7?,8+,9?,10?,11?,12?,13-,14+,15?,16-,17?,18+,19+,20-,21-,22+,23+/m1/s1. The van der Waals surface area contributed by atoms with Crippen LogP contribution in [0.5, 0.6) is 0 Å². The molecule has 4 fully saturated rings. The van der Waals surface area contributed by atoms with Crippen molar-refractivity contribution in [3.63, 3.8) is 0 Å². The van der Waals surface area contributed by atoms with Crippen LogP contribution in [0.15, 0.2) is 0 Å². The maximum atomic E-state index is 11.1. The van der Waals surface area contributed by atoms with Crippen LogP contribution in [-0.2, 0) is 28.4 Å². The quantitative estimate of drug-likeness (QED) is 0.123. The van der Waals surface area contributed by atoms with Gasteiger partial charge in [0.15, 0.2) is 18.9 Å². The first-order valence-electron chi connectivity index (χ1n) is 13.7. The van der Waals surface area contributed by atoms with Gasteiger partial charge in [0.1, 0.15) is 61.0 Å². The number of rotatable bonds is 8. The summed E-state index contributed by atoms with van der Waals surface area (Å²) >= 11 is 0. The van der Waals surface area contributed by atoms with Crippen molar-refractivity contribution in [2.75, 3.05) is 13.1 Å². The minimum atomic E-state index is -1.45. The lowest BCUT2D eigenvalue weighted by molar-refractivity contribution is -0.306. The summed E-state index contributed by atoms with van der Waals surface area (Å²) in [5.41, 5.74) is 35.7. The molecule has 18 N–H and O–H groups in total. The van der Waals surface area contributed by atoms with E-state index in [2.05, 4.69) is 0 Å². The van der Waals surface area contributed by atoms with E-state index < -0.39 is 116 Å². The molecular formula is C23H46N6O12. The van der Waals surface area contributed by atoms with Crippen LogP contribution in [-0.4, -0.2) is 160 Å². The highest BCUT2D eigenvalue weighted by molar-refractivity contribution is 5.02. The number of ether oxygens (including phenoxy) is 6. The third-order valence-corrected chi connectivity index (χ3v) is 8.33. The molecule has 3 aliphatic heterocycles. The van der Waals surface area contributed by atoms with Gasteiger partial charge in [-0.2, -0.15) is 0 Å². The summed E-state index contributed by atoms with van der Waals surface area (Å²) in [4.78, 5) is 0. The lowest BCUT2D eigenvalue weighted by Gasteiger charge is -2.47. The lowest BCUT2D eigenvalue weighted by Crippen LogP contribution is -2.68. The van der Waals surface area contributed by atoms with Gasteiger partial charge in [0.25, 0.3) is 0 Å².